The molecule has 0 saturated heterocycles. The second-order valence-electron chi connectivity index (χ2n) is 2.65. The lowest BCUT2D eigenvalue weighted by molar-refractivity contribution is -0.145. The number of alkyl halides is 1. The Kier molecular flexibility index (Phi) is 3.17. The lowest BCUT2D eigenvalue weighted by Crippen LogP contribution is -2.28. The highest BCUT2D eigenvalue weighted by atomic mass is 19.1. The van der Waals surface area contributed by atoms with E-state index in [4.69, 9.17) is 0 Å². The Balaban J connectivity index is 3.99. The smallest absolute Gasteiger partial charge is 0.313 e. The lowest BCUT2D eigenvalue weighted by atomic mass is 10.0. The predicted molar refractivity (Wildman–Crippen MR) is 36.8 cm³/mol. The van der Waals surface area contributed by atoms with Crippen molar-refractivity contribution in [2.24, 2.45) is 0 Å². The summed E-state index contributed by atoms with van der Waals surface area (Å²) >= 11 is 0. The zero-order chi connectivity index (χ0) is 9.07. The molecule has 0 aromatic rings. The lowest BCUT2D eigenvalue weighted by Gasteiger charge is -2.10. The van der Waals surface area contributed by atoms with Crippen molar-refractivity contribution in [3.8, 4) is 0 Å². The van der Waals surface area contributed by atoms with E-state index in [1.54, 1.807) is 0 Å². The molecule has 0 amide bonds. The Labute approximate surface area is 64.5 Å². The van der Waals surface area contributed by atoms with Crippen LogP contribution < -0.4 is 0 Å². The number of esters is 1. The van der Waals surface area contributed by atoms with Crippen LogP contribution in [0.5, 0.6) is 0 Å². The summed E-state index contributed by atoms with van der Waals surface area (Å²) in [5, 5.41) is 0. The molecule has 64 valence electrons. The Morgan fingerprint density at radius 3 is 2.18 bits per heavy atom. The van der Waals surface area contributed by atoms with Crippen LogP contribution in [0.4, 0.5) is 4.39 Å². The van der Waals surface area contributed by atoms with Gasteiger partial charge in [0.2, 0.25) is 0 Å². The molecule has 3 nitrogen and oxygen atoms in total. The number of halogens is 1. The molecule has 4 heteroatoms. The third kappa shape index (κ3) is 3.70. The van der Waals surface area contributed by atoms with E-state index >= 15 is 0 Å². The van der Waals surface area contributed by atoms with Gasteiger partial charge >= 0.3 is 5.97 Å². The molecule has 0 aliphatic rings. The van der Waals surface area contributed by atoms with E-state index in [1.165, 1.54) is 0 Å². The molecule has 0 aromatic carbocycles. The summed E-state index contributed by atoms with van der Waals surface area (Å²) in [6.07, 6.45) is -0.500. The Bertz CT molecular complexity index is 169. The van der Waals surface area contributed by atoms with E-state index in [0.29, 0.717) is 0 Å². The van der Waals surface area contributed by atoms with E-state index in [9.17, 15) is 14.0 Å². The number of Topliss-reactive ketones (excluding diaryl/α,β-unsaturated/α-hetero) is 1. The average Bonchev–Trinajstić information content (AvgIpc) is 1.85. The van der Waals surface area contributed by atoms with Crippen LogP contribution in [-0.2, 0) is 14.3 Å². The minimum atomic E-state index is -1.95. The number of rotatable bonds is 3. The molecule has 11 heavy (non-hydrogen) atoms. The number of carbonyl (C=O) groups excluding carboxylic acids is 2. The van der Waals surface area contributed by atoms with Crippen LogP contribution in [0.3, 0.4) is 0 Å². The van der Waals surface area contributed by atoms with Crippen LogP contribution in [0.25, 0.3) is 0 Å². The fourth-order valence-corrected chi connectivity index (χ4v) is 0.413. The number of carbonyl (C=O) groups is 2. The van der Waals surface area contributed by atoms with Crippen LogP contribution in [0.15, 0.2) is 0 Å². The van der Waals surface area contributed by atoms with Crippen molar-refractivity contribution in [2.75, 3.05) is 7.11 Å². The van der Waals surface area contributed by atoms with Crippen LogP contribution in [0.1, 0.15) is 20.3 Å². The molecule has 0 saturated carbocycles. The van der Waals surface area contributed by atoms with Gasteiger partial charge in [-0.2, -0.15) is 0 Å². The highest BCUT2D eigenvalue weighted by Crippen LogP contribution is 2.11. The molecular formula is C7H11FO3. The summed E-state index contributed by atoms with van der Waals surface area (Å²) in [4.78, 5) is 21.2. The summed E-state index contributed by atoms with van der Waals surface area (Å²) in [7, 11) is 1.15. The second-order valence-corrected chi connectivity index (χ2v) is 2.65. The van der Waals surface area contributed by atoms with Crippen molar-refractivity contribution in [3.05, 3.63) is 0 Å². The highest BCUT2D eigenvalue weighted by molar-refractivity contribution is 5.99. The van der Waals surface area contributed by atoms with E-state index in [-0.39, 0.29) is 0 Å². The molecular weight excluding hydrogens is 151 g/mol. The zero-order valence-electron chi connectivity index (χ0n) is 6.81. The number of hydrogen-bond acceptors (Lipinski definition) is 3. The molecule has 0 aliphatic heterocycles. The monoisotopic (exact) mass is 162 g/mol. The number of ether oxygens (including phenoxy) is 1. The van der Waals surface area contributed by atoms with Crippen LogP contribution in [-0.4, -0.2) is 24.5 Å². The van der Waals surface area contributed by atoms with Gasteiger partial charge in [-0.3, -0.25) is 9.59 Å². The Hall–Kier alpha value is -0.930. The first-order chi connectivity index (χ1) is 4.88. The van der Waals surface area contributed by atoms with Crippen LogP contribution in [0, 0.1) is 0 Å². The number of methoxy groups -OCH3 is 1. The fourth-order valence-electron chi connectivity index (χ4n) is 0.413. The maximum absolute atomic E-state index is 12.7. The first-order valence-electron chi connectivity index (χ1n) is 3.17. The second kappa shape index (κ2) is 3.46. The summed E-state index contributed by atoms with van der Waals surface area (Å²) in [5.74, 6) is -1.47. The van der Waals surface area contributed by atoms with Gasteiger partial charge in [0.1, 0.15) is 6.42 Å². The molecule has 0 fully saturated rings. The summed E-state index contributed by atoms with van der Waals surface area (Å²) in [5.41, 5.74) is -1.95. The third-order valence-electron chi connectivity index (χ3n) is 1.20. The van der Waals surface area contributed by atoms with Crippen molar-refractivity contribution in [3.63, 3.8) is 0 Å². The van der Waals surface area contributed by atoms with E-state index in [2.05, 4.69) is 4.74 Å². The van der Waals surface area contributed by atoms with E-state index in [1.807, 2.05) is 0 Å². The Morgan fingerprint density at radius 2 is 1.91 bits per heavy atom. The summed E-state index contributed by atoms with van der Waals surface area (Å²) in [6.45, 7) is 2.22. The number of hydrogen-bond donors (Lipinski definition) is 0. The van der Waals surface area contributed by atoms with Gasteiger partial charge in [-0.05, 0) is 13.8 Å². The van der Waals surface area contributed by atoms with Gasteiger partial charge in [0.15, 0.2) is 11.5 Å². The minimum absolute atomic E-state index is 0.500. The first kappa shape index (κ1) is 10.1. The van der Waals surface area contributed by atoms with Crippen molar-refractivity contribution < 1.29 is 18.7 Å². The summed E-state index contributed by atoms with van der Waals surface area (Å²) in [6, 6.07) is 0. The molecule has 0 atom stereocenters. The van der Waals surface area contributed by atoms with Gasteiger partial charge in [-0.1, -0.05) is 0 Å². The standard InChI is InChI=1S/C7H11FO3/c1-7(2,8)5(9)4-6(10)11-3/h4H2,1-3H3. The van der Waals surface area contributed by atoms with E-state index in [0.717, 1.165) is 21.0 Å². The molecule has 0 radical (unpaired) electrons. The quantitative estimate of drug-likeness (QED) is 0.456. The van der Waals surface area contributed by atoms with Crippen LogP contribution >= 0.6 is 0 Å². The van der Waals surface area contributed by atoms with Crippen molar-refractivity contribution in [2.45, 2.75) is 25.9 Å². The maximum Gasteiger partial charge on any atom is 0.313 e. The zero-order valence-corrected chi connectivity index (χ0v) is 6.81. The van der Waals surface area contributed by atoms with Crippen LogP contribution in [0.2, 0.25) is 0 Å². The third-order valence-corrected chi connectivity index (χ3v) is 1.20. The molecule has 0 rings (SSSR count). The first-order valence-corrected chi connectivity index (χ1v) is 3.17. The van der Waals surface area contributed by atoms with Gasteiger partial charge in [0.25, 0.3) is 0 Å². The maximum atomic E-state index is 12.7. The molecule has 0 heterocycles. The molecule has 0 N–H and O–H groups in total. The van der Waals surface area contributed by atoms with Crippen molar-refractivity contribution >= 4 is 11.8 Å². The number of ketones is 1. The minimum Gasteiger partial charge on any atom is -0.469 e. The van der Waals surface area contributed by atoms with Gasteiger partial charge in [-0.25, -0.2) is 4.39 Å². The highest BCUT2D eigenvalue weighted by Gasteiger charge is 2.28. The molecule has 0 aliphatic carbocycles. The fraction of sp³-hybridized carbons (Fsp3) is 0.714. The van der Waals surface area contributed by atoms with E-state index < -0.39 is 23.8 Å². The Morgan fingerprint density at radius 1 is 1.45 bits per heavy atom. The van der Waals surface area contributed by atoms with Crippen molar-refractivity contribution in [1.29, 1.82) is 0 Å². The average molecular weight is 162 g/mol. The van der Waals surface area contributed by atoms with Crippen molar-refractivity contribution in [1.82, 2.24) is 0 Å². The van der Waals surface area contributed by atoms with Gasteiger partial charge in [0.05, 0.1) is 7.11 Å². The summed E-state index contributed by atoms with van der Waals surface area (Å²) < 4.78 is 16.9. The van der Waals surface area contributed by atoms with Gasteiger partial charge in [0, 0.05) is 0 Å². The topological polar surface area (TPSA) is 43.4 Å². The SMILES string of the molecule is COC(=O)CC(=O)C(C)(C)F. The molecule has 0 aromatic heterocycles. The molecule has 0 spiro atoms. The predicted octanol–water partition coefficient (Wildman–Crippen LogP) is 0.867. The molecule has 0 bridgehead atoms. The van der Waals surface area contributed by atoms with Gasteiger partial charge in [-0.15, -0.1) is 0 Å². The normalized spacial score (nSPS) is 10.9. The largest absolute Gasteiger partial charge is 0.469 e. The van der Waals surface area contributed by atoms with Gasteiger partial charge < -0.3 is 4.74 Å². The molecule has 0 unspecified atom stereocenters.